The Kier molecular flexibility index (Phi) is 6.65. The van der Waals surface area contributed by atoms with E-state index in [1.165, 1.54) is 5.56 Å². The maximum Gasteiger partial charge on any atom is 0.0453 e. The third-order valence-electron chi connectivity index (χ3n) is 3.02. The number of halogens is 2. The van der Waals surface area contributed by atoms with Crippen molar-refractivity contribution in [3.05, 3.63) is 33.8 Å². The van der Waals surface area contributed by atoms with Gasteiger partial charge in [-0.25, -0.2) is 0 Å². The van der Waals surface area contributed by atoms with E-state index in [0.717, 1.165) is 30.8 Å². The second-order valence-corrected chi connectivity index (χ2v) is 7.20. The minimum atomic E-state index is 0.310. The number of hydrogen-bond acceptors (Lipinski definition) is 1. The van der Waals surface area contributed by atoms with Crippen LogP contribution in [0.25, 0.3) is 0 Å². The zero-order valence-electron chi connectivity index (χ0n) is 12.4. The highest BCUT2D eigenvalue weighted by molar-refractivity contribution is 6.35. The van der Waals surface area contributed by atoms with Gasteiger partial charge in [-0.05, 0) is 48.9 Å². The molecule has 0 aliphatic carbocycles. The minimum Gasteiger partial charge on any atom is -0.314 e. The van der Waals surface area contributed by atoms with Gasteiger partial charge in [0.05, 0.1) is 0 Å². The normalized spacial score (nSPS) is 13.6. The molecule has 0 aromatic heterocycles. The number of hydrogen-bond donors (Lipinski definition) is 1. The first-order valence-electron chi connectivity index (χ1n) is 6.99. The molecular weight excluding hydrogens is 277 g/mol. The Morgan fingerprint density at radius 3 is 2.42 bits per heavy atom. The predicted octanol–water partition coefficient (Wildman–Crippen LogP) is 5.34. The van der Waals surface area contributed by atoms with E-state index in [1.54, 1.807) is 0 Å². The van der Waals surface area contributed by atoms with E-state index >= 15 is 0 Å². The molecule has 0 saturated carbocycles. The first-order valence-corrected chi connectivity index (χ1v) is 7.74. The van der Waals surface area contributed by atoms with Crippen LogP contribution in [0.3, 0.4) is 0 Å². The van der Waals surface area contributed by atoms with Crippen molar-refractivity contribution < 1.29 is 0 Å². The molecule has 1 atom stereocenters. The van der Waals surface area contributed by atoms with Gasteiger partial charge in [-0.15, -0.1) is 0 Å². The summed E-state index contributed by atoms with van der Waals surface area (Å²) < 4.78 is 0. The Balaban J connectivity index is 2.75. The summed E-state index contributed by atoms with van der Waals surface area (Å²) >= 11 is 12.2. The van der Waals surface area contributed by atoms with Crippen molar-refractivity contribution in [3.63, 3.8) is 0 Å². The van der Waals surface area contributed by atoms with Crippen molar-refractivity contribution in [2.75, 3.05) is 6.54 Å². The van der Waals surface area contributed by atoms with Gasteiger partial charge in [0.2, 0.25) is 0 Å². The van der Waals surface area contributed by atoms with Crippen molar-refractivity contribution in [2.45, 2.75) is 53.0 Å². The van der Waals surface area contributed by atoms with Crippen LogP contribution >= 0.6 is 23.2 Å². The van der Waals surface area contributed by atoms with Gasteiger partial charge in [0, 0.05) is 16.1 Å². The van der Waals surface area contributed by atoms with Crippen LogP contribution in [0, 0.1) is 5.41 Å². The van der Waals surface area contributed by atoms with Gasteiger partial charge in [0.1, 0.15) is 0 Å². The monoisotopic (exact) mass is 301 g/mol. The van der Waals surface area contributed by atoms with Gasteiger partial charge >= 0.3 is 0 Å². The topological polar surface area (TPSA) is 12.0 Å². The summed E-state index contributed by atoms with van der Waals surface area (Å²) in [5.41, 5.74) is 1.48. The lowest BCUT2D eigenvalue weighted by atomic mass is 9.86. The molecule has 1 nitrogen and oxygen atoms in total. The molecular formula is C16H25Cl2N. The van der Waals surface area contributed by atoms with Gasteiger partial charge in [0.15, 0.2) is 0 Å². The molecule has 0 aliphatic rings. The standard InChI is InChI=1S/C16H25Cl2N/c1-5-8-19-14(11-16(2,3)4)9-12-6-7-13(17)10-15(12)18/h6-7,10,14,19H,5,8-9,11H2,1-4H3. The van der Waals surface area contributed by atoms with E-state index in [4.69, 9.17) is 23.2 Å². The molecule has 1 N–H and O–H groups in total. The van der Waals surface area contributed by atoms with E-state index in [1.807, 2.05) is 18.2 Å². The molecule has 0 heterocycles. The molecule has 3 heteroatoms. The van der Waals surface area contributed by atoms with Crippen molar-refractivity contribution in [1.82, 2.24) is 5.32 Å². The lowest BCUT2D eigenvalue weighted by Crippen LogP contribution is -2.35. The van der Waals surface area contributed by atoms with Crippen LogP contribution in [0.1, 0.15) is 46.1 Å². The van der Waals surface area contributed by atoms with Crippen LogP contribution in [-0.4, -0.2) is 12.6 Å². The van der Waals surface area contributed by atoms with Crippen LogP contribution < -0.4 is 5.32 Å². The maximum atomic E-state index is 6.27. The van der Waals surface area contributed by atoms with Crippen molar-refractivity contribution in [3.8, 4) is 0 Å². The van der Waals surface area contributed by atoms with Crippen LogP contribution in [0.15, 0.2) is 18.2 Å². The lowest BCUT2D eigenvalue weighted by molar-refractivity contribution is 0.306. The highest BCUT2D eigenvalue weighted by Gasteiger charge is 2.19. The molecule has 108 valence electrons. The largest absolute Gasteiger partial charge is 0.314 e. The lowest BCUT2D eigenvalue weighted by Gasteiger charge is -2.27. The summed E-state index contributed by atoms with van der Waals surface area (Å²) in [4.78, 5) is 0. The summed E-state index contributed by atoms with van der Waals surface area (Å²) in [7, 11) is 0. The van der Waals surface area contributed by atoms with Gasteiger partial charge in [0.25, 0.3) is 0 Å². The summed E-state index contributed by atoms with van der Waals surface area (Å²) in [6.07, 6.45) is 3.23. The minimum absolute atomic E-state index is 0.310. The SMILES string of the molecule is CCCNC(Cc1ccc(Cl)cc1Cl)CC(C)(C)C. The second-order valence-electron chi connectivity index (χ2n) is 6.36. The van der Waals surface area contributed by atoms with E-state index in [2.05, 4.69) is 33.0 Å². The van der Waals surface area contributed by atoms with E-state index in [9.17, 15) is 0 Å². The van der Waals surface area contributed by atoms with E-state index in [-0.39, 0.29) is 0 Å². The molecule has 1 aromatic carbocycles. The third kappa shape index (κ3) is 6.65. The average Bonchev–Trinajstić information content (AvgIpc) is 2.27. The average molecular weight is 302 g/mol. The molecule has 19 heavy (non-hydrogen) atoms. The summed E-state index contributed by atoms with van der Waals surface area (Å²) in [6, 6.07) is 6.23. The fraction of sp³-hybridized carbons (Fsp3) is 0.625. The van der Waals surface area contributed by atoms with E-state index < -0.39 is 0 Å². The predicted molar refractivity (Wildman–Crippen MR) is 86.3 cm³/mol. The second kappa shape index (κ2) is 7.52. The maximum absolute atomic E-state index is 6.27. The van der Waals surface area contributed by atoms with Gasteiger partial charge in [-0.2, -0.15) is 0 Å². The molecule has 0 aliphatic heterocycles. The Labute approximate surface area is 127 Å². The number of benzene rings is 1. The summed E-state index contributed by atoms with van der Waals surface area (Å²) in [5.74, 6) is 0. The fourth-order valence-corrected chi connectivity index (χ4v) is 2.74. The molecule has 0 fully saturated rings. The Morgan fingerprint density at radius 1 is 1.21 bits per heavy atom. The van der Waals surface area contributed by atoms with Crippen LogP contribution in [0.4, 0.5) is 0 Å². The van der Waals surface area contributed by atoms with Crippen LogP contribution in [0.2, 0.25) is 10.0 Å². The van der Waals surface area contributed by atoms with Gasteiger partial charge in [-0.1, -0.05) is 57.0 Å². The summed E-state index contributed by atoms with van der Waals surface area (Å²) in [5, 5.41) is 5.09. The highest BCUT2D eigenvalue weighted by atomic mass is 35.5. The molecule has 1 rings (SSSR count). The first-order chi connectivity index (χ1) is 8.81. The van der Waals surface area contributed by atoms with Crippen LogP contribution in [-0.2, 0) is 6.42 Å². The number of nitrogens with one attached hydrogen (secondary N) is 1. The molecule has 1 unspecified atom stereocenters. The van der Waals surface area contributed by atoms with Crippen molar-refractivity contribution >= 4 is 23.2 Å². The van der Waals surface area contributed by atoms with Crippen molar-refractivity contribution in [2.24, 2.45) is 5.41 Å². The van der Waals surface area contributed by atoms with Crippen molar-refractivity contribution in [1.29, 1.82) is 0 Å². The molecule has 0 bridgehead atoms. The smallest absolute Gasteiger partial charge is 0.0453 e. The zero-order chi connectivity index (χ0) is 14.5. The zero-order valence-corrected chi connectivity index (χ0v) is 13.9. The number of rotatable bonds is 6. The molecule has 0 radical (unpaired) electrons. The third-order valence-corrected chi connectivity index (χ3v) is 3.61. The molecule has 0 amide bonds. The summed E-state index contributed by atoms with van der Waals surface area (Å²) in [6.45, 7) is 10.1. The fourth-order valence-electron chi connectivity index (χ4n) is 2.26. The molecule has 0 saturated heterocycles. The van der Waals surface area contributed by atoms with E-state index in [0.29, 0.717) is 16.5 Å². The first kappa shape index (κ1) is 16.8. The quantitative estimate of drug-likeness (QED) is 0.748. The van der Waals surface area contributed by atoms with Gasteiger partial charge < -0.3 is 5.32 Å². The Hall–Kier alpha value is -0.240. The molecule has 0 spiro atoms. The Morgan fingerprint density at radius 2 is 1.89 bits per heavy atom. The Bertz CT molecular complexity index is 396. The highest BCUT2D eigenvalue weighted by Crippen LogP contribution is 2.26. The molecule has 1 aromatic rings. The van der Waals surface area contributed by atoms with Gasteiger partial charge in [-0.3, -0.25) is 0 Å². The van der Waals surface area contributed by atoms with Crippen LogP contribution in [0.5, 0.6) is 0 Å².